The van der Waals surface area contributed by atoms with Crippen molar-refractivity contribution in [3.63, 3.8) is 0 Å². The van der Waals surface area contributed by atoms with E-state index in [0.717, 1.165) is 38.6 Å². The molecule has 1 saturated carbocycles. The van der Waals surface area contributed by atoms with E-state index in [0.29, 0.717) is 12.8 Å². The molecule has 0 heterocycles. The summed E-state index contributed by atoms with van der Waals surface area (Å²) in [4.78, 5) is 62.3. The maximum Gasteiger partial charge on any atom is 0.289 e. The largest absolute Gasteiger partial charge is 0.347 e. The second kappa shape index (κ2) is 14.5. The van der Waals surface area contributed by atoms with Crippen LogP contribution in [0.3, 0.4) is 0 Å². The first-order valence-electron chi connectivity index (χ1n) is 11.5. The maximum absolute atomic E-state index is 12.2. The standard InChI is InChI=1S/C22H39N5O5/c1-5-16(11-12-27(3)4)21(31)24-14-19(29)25-15(2)20(30)23-13-18(28)22(32)26-17-9-7-6-8-10-17/h15-17H,5-14H2,1-4H3,(H,23,30)(H,24,31)(H,25,29)(H,26,32)/t15-,16?/m0/s1. The lowest BCUT2D eigenvalue weighted by Crippen LogP contribution is -2.50. The van der Waals surface area contributed by atoms with Crippen molar-refractivity contribution in [2.24, 2.45) is 5.92 Å². The van der Waals surface area contributed by atoms with E-state index < -0.39 is 36.1 Å². The average molecular weight is 454 g/mol. The average Bonchev–Trinajstić information content (AvgIpc) is 2.76. The molecule has 2 atom stereocenters. The molecule has 1 aliphatic carbocycles. The van der Waals surface area contributed by atoms with Gasteiger partial charge >= 0.3 is 0 Å². The number of nitrogens with one attached hydrogen (secondary N) is 4. The van der Waals surface area contributed by atoms with Crippen LogP contribution in [0.15, 0.2) is 0 Å². The highest BCUT2D eigenvalue weighted by atomic mass is 16.2. The van der Waals surface area contributed by atoms with Crippen LogP contribution in [-0.2, 0) is 24.0 Å². The second-order valence-corrected chi connectivity index (χ2v) is 8.65. The third-order valence-corrected chi connectivity index (χ3v) is 5.60. The summed E-state index contributed by atoms with van der Waals surface area (Å²) in [7, 11) is 3.86. The van der Waals surface area contributed by atoms with Gasteiger partial charge in [0.25, 0.3) is 5.91 Å². The molecular weight excluding hydrogens is 414 g/mol. The molecule has 0 saturated heterocycles. The summed E-state index contributed by atoms with van der Waals surface area (Å²) in [5.41, 5.74) is 0. The number of hydrogen-bond acceptors (Lipinski definition) is 6. The van der Waals surface area contributed by atoms with Gasteiger partial charge in [0.15, 0.2) is 0 Å². The number of carbonyl (C=O) groups excluding carboxylic acids is 5. The molecule has 4 amide bonds. The summed E-state index contributed by atoms with van der Waals surface area (Å²) >= 11 is 0. The second-order valence-electron chi connectivity index (χ2n) is 8.65. The van der Waals surface area contributed by atoms with E-state index in [4.69, 9.17) is 0 Å². The van der Waals surface area contributed by atoms with E-state index in [-0.39, 0.29) is 24.4 Å². The van der Waals surface area contributed by atoms with Gasteiger partial charge in [-0.25, -0.2) is 0 Å². The van der Waals surface area contributed by atoms with Crippen LogP contribution in [-0.4, -0.2) is 80.1 Å². The van der Waals surface area contributed by atoms with E-state index in [1.165, 1.54) is 6.92 Å². The topological polar surface area (TPSA) is 137 Å². The molecule has 1 aliphatic rings. The highest BCUT2D eigenvalue weighted by Crippen LogP contribution is 2.17. The van der Waals surface area contributed by atoms with E-state index in [2.05, 4.69) is 21.3 Å². The smallest absolute Gasteiger partial charge is 0.289 e. The van der Waals surface area contributed by atoms with E-state index in [9.17, 15) is 24.0 Å². The van der Waals surface area contributed by atoms with Gasteiger partial charge in [-0.2, -0.15) is 0 Å². The predicted molar refractivity (Wildman–Crippen MR) is 121 cm³/mol. The summed E-state index contributed by atoms with van der Waals surface area (Å²) in [6.45, 7) is 3.49. The summed E-state index contributed by atoms with van der Waals surface area (Å²) in [5.74, 6) is -2.90. The summed E-state index contributed by atoms with van der Waals surface area (Å²) in [6.07, 6.45) is 6.28. The normalized spacial score (nSPS) is 16.0. The van der Waals surface area contributed by atoms with Gasteiger partial charge in [0, 0.05) is 12.0 Å². The summed E-state index contributed by atoms with van der Waals surface area (Å²) < 4.78 is 0. The number of amides is 4. The monoisotopic (exact) mass is 453 g/mol. The molecule has 4 N–H and O–H groups in total. The predicted octanol–water partition coefficient (Wildman–Crippen LogP) is -0.281. The minimum absolute atomic E-state index is 0.0134. The first-order chi connectivity index (χ1) is 15.1. The molecule has 1 fully saturated rings. The number of ketones is 1. The molecule has 0 spiro atoms. The Kier molecular flexibility index (Phi) is 12.5. The Morgan fingerprint density at radius 1 is 0.938 bits per heavy atom. The summed E-state index contributed by atoms with van der Waals surface area (Å²) in [6, 6.07) is -0.899. The highest BCUT2D eigenvalue weighted by Gasteiger charge is 2.23. The van der Waals surface area contributed by atoms with Crippen molar-refractivity contribution >= 4 is 29.4 Å². The lowest BCUT2D eigenvalue weighted by molar-refractivity contribution is -0.138. The Bertz CT molecular complexity index is 661. The zero-order valence-corrected chi connectivity index (χ0v) is 19.8. The quantitative estimate of drug-likeness (QED) is 0.283. The minimum atomic E-state index is -0.913. The number of carbonyl (C=O) groups is 5. The molecule has 0 aromatic rings. The van der Waals surface area contributed by atoms with Crippen molar-refractivity contribution in [3.8, 4) is 0 Å². The third kappa shape index (κ3) is 10.7. The molecule has 0 aliphatic heterocycles. The lowest BCUT2D eigenvalue weighted by Gasteiger charge is -2.22. The Morgan fingerprint density at radius 2 is 1.56 bits per heavy atom. The van der Waals surface area contributed by atoms with Crippen LogP contribution in [0.1, 0.15) is 58.8 Å². The van der Waals surface area contributed by atoms with Crippen molar-refractivity contribution in [2.75, 3.05) is 33.7 Å². The van der Waals surface area contributed by atoms with Crippen LogP contribution >= 0.6 is 0 Å². The number of nitrogens with zero attached hydrogens (tertiary/aromatic N) is 1. The first-order valence-corrected chi connectivity index (χ1v) is 11.5. The minimum Gasteiger partial charge on any atom is -0.347 e. The SMILES string of the molecule is CCC(CCN(C)C)C(=O)NCC(=O)N[C@@H](C)C(=O)NCC(=O)C(=O)NC1CCCCC1. The Hall–Kier alpha value is -2.49. The highest BCUT2D eigenvalue weighted by molar-refractivity contribution is 6.37. The van der Waals surface area contributed by atoms with Crippen molar-refractivity contribution in [1.82, 2.24) is 26.2 Å². The van der Waals surface area contributed by atoms with Gasteiger partial charge in [-0.1, -0.05) is 26.2 Å². The van der Waals surface area contributed by atoms with Crippen molar-refractivity contribution in [2.45, 2.75) is 70.9 Å². The zero-order valence-electron chi connectivity index (χ0n) is 19.8. The van der Waals surface area contributed by atoms with Crippen LogP contribution in [0.5, 0.6) is 0 Å². The molecule has 1 unspecified atom stereocenters. The maximum atomic E-state index is 12.2. The molecule has 10 heteroatoms. The van der Waals surface area contributed by atoms with Gasteiger partial charge in [0.2, 0.25) is 23.5 Å². The molecule has 0 aromatic heterocycles. The number of Topliss-reactive ketones (excluding diaryl/α,β-unsaturated/α-hetero) is 1. The van der Waals surface area contributed by atoms with Gasteiger partial charge in [-0.3, -0.25) is 24.0 Å². The van der Waals surface area contributed by atoms with Gasteiger partial charge in [0.05, 0.1) is 13.1 Å². The van der Waals surface area contributed by atoms with E-state index in [1.54, 1.807) is 0 Å². The summed E-state index contributed by atoms with van der Waals surface area (Å²) in [5, 5.41) is 10.1. The van der Waals surface area contributed by atoms with Crippen molar-refractivity contribution in [3.05, 3.63) is 0 Å². The Labute approximate surface area is 190 Å². The van der Waals surface area contributed by atoms with Crippen LogP contribution < -0.4 is 21.3 Å². The molecule has 0 aromatic carbocycles. The molecule has 10 nitrogen and oxygen atoms in total. The van der Waals surface area contributed by atoms with Crippen molar-refractivity contribution in [1.29, 1.82) is 0 Å². The fourth-order valence-corrected chi connectivity index (χ4v) is 3.52. The van der Waals surface area contributed by atoms with Gasteiger partial charge in [-0.05, 0) is 53.2 Å². The van der Waals surface area contributed by atoms with Crippen LogP contribution in [0.4, 0.5) is 0 Å². The first kappa shape index (κ1) is 27.5. The van der Waals surface area contributed by atoms with Crippen LogP contribution in [0.2, 0.25) is 0 Å². The number of hydrogen-bond donors (Lipinski definition) is 4. The third-order valence-electron chi connectivity index (χ3n) is 5.60. The fraction of sp³-hybridized carbons (Fsp3) is 0.773. The van der Waals surface area contributed by atoms with Gasteiger partial charge in [-0.15, -0.1) is 0 Å². The van der Waals surface area contributed by atoms with Crippen LogP contribution in [0, 0.1) is 5.92 Å². The fourth-order valence-electron chi connectivity index (χ4n) is 3.52. The lowest BCUT2D eigenvalue weighted by atomic mass is 9.95. The Balaban J connectivity index is 2.31. The van der Waals surface area contributed by atoms with E-state index in [1.807, 2.05) is 25.9 Å². The molecule has 0 bridgehead atoms. The molecule has 32 heavy (non-hydrogen) atoms. The van der Waals surface area contributed by atoms with E-state index >= 15 is 0 Å². The number of rotatable bonds is 13. The van der Waals surface area contributed by atoms with Crippen molar-refractivity contribution < 1.29 is 24.0 Å². The van der Waals surface area contributed by atoms with Gasteiger partial charge < -0.3 is 26.2 Å². The zero-order chi connectivity index (χ0) is 24.1. The Morgan fingerprint density at radius 3 is 2.16 bits per heavy atom. The molecule has 182 valence electrons. The van der Waals surface area contributed by atoms with Gasteiger partial charge in [0.1, 0.15) is 6.04 Å². The van der Waals surface area contributed by atoms with Crippen LogP contribution in [0.25, 0.3) is 0 Å². The molecule has 1 rings (SSSR count). The molecular formula is C22H39N5O5. The molecule has 0 radical (unpaired) electrons.